The second-order valence-corrected chi connectivity index (χ2v) is 8.62. The largest absolute Gasteiger partial charge is 0.351 e. The third kappa shape index (κ3) is 3.89. The van der Waals surface area contributed by atoms with Crippen LogP contribution in [0.2, 0.25) is 0 Å². The predicted octanol–water partition coefficient (Wildman–Crippen LogP) is 4.26. The Hall–Kier alpha value is -3.29. The van der Waals surface area contributed by atoms with E-state index in [0.29, 0.717) is 41.8 Å². The molecule has 5 rings (SSSR count). The first-order valence-corrected chi connectivity index (χ1v) is 10.7. The van der Waals surface area contributed by atoms with Crippen molar-refractivity contribution in [2.24, 2.45) is 0 Å². The van der Waals surface area contributed by atoms with Gasteiger partial charge in [-0.05, 0) is 26.2 Å². The van der Waals surface area contributed by atoms with Gasteiger partial charge in [0.05, 0.1) is 30.0 Å². The van der Waals surface area contributed by atoms with Gasteiger partial charge in [0.25, 0.3) is 5.91 Å². The van der Waals surface area contributed by atoms with E-state index in [9.17, 15) is 9.18 Å². The van der Waals surface area contributed by atoms with Crippen molar-refractivity contribution in [2.75, 3.05) is 23.3 Å². The lowest BCUT2D eigenvalue weighted by atomic mass is 9.93. The van der Waals surface area contributed by atoms with E-state index < -0.39 is 5.67 Å². The second-order valence-electron chi connectivity index (χ2n) is 8.62. The molecule has 160 valence electrons. The molecule has 1 saturated heterocycles. The number of rotatable bonds is 5. The zero-order valence-electron chi connectivity index (χ0n) is 17.5. The zero-order valence-corrected chi connectivity index (χ0v) is 17.5. The molecule has 2 fully saturated rings. The number of hydrogen-bond donors (Lipinski definition) is 1. The average molecular weight is 420 g/mol. The van der Waals surface area contributed by atoms with Gasteiger partial charge in [0, 0.05) is 24.7 Å². The topological polar surface area (TPSA) is 75.9 Å². The zero-order chi connectivity index (χ0) is 21.4. The first-order valence-electron chi connectivity index (χ1n) is 10.7. The Labute approximate surface area is 180 Å². The molecule has 1 aliphatic heterocycles. The minimum Gasteiger partial charge on any atom is -0.351 e. The van der Waals surface area contributed by atoms with Crippen LogP contribution in [-0.2, 0) is 0 Å². The number of hydrogen-bond acceptors (Lipinski definition) is 5. The first-order chi connectivity index (χ1) is 15.0. The maximum absolute atomic E-state index is 14.6. The summed E-state index contributed by atoms with van der Waals surface area (Å²) in [4.78, 5) is 23.9. The van der Waals surface area contributed by atoms with Gasteiger partial charge in [-0.25, -0.2) is 14.4 Å². The summed E-state index contributed by atoms with van der Waals surface area (Å²) < 4.78 is 16.4. The Kier molecular flexibility index (Phi) is 4.92. The molecule has 1 amide bonds. The van der Waals surface area contributed by atoms with Crippen LogP contribution in [0.1, 0.15) is 49.0 Å². The Morgan fingerprint density at radius 2 is 2.03 bits per heavy atom. The van der Waals surface area contributed by atoms with Crippen LogP contribution in [0.4, 0.5) is 15.9 Å². The maximum Gasteiger partial charge on any atom is 0.259 e. The van der Waals surface area contributed by atoms with E-state index in [1.54, 1.807) is 19.3 Å². The van der Waals surface area contributed by atoms with Crippen LogP contribution in [0.5, 0.6) is 0 Å². The van der Waals surface area contributed by atoms with Crippen molar-refractivity contribution in [3.8, 4) is 11.3 Å². The molecule has 7 nitrogen and oxygen atoms in total. The number of halogens is 1. The fourth-order valence-corrected chi connectivity index (χ4v) is 4.14. The highest BCUT2D eigenvalue weighted by Gasteiger charge is 2.36. The summed E-state index contributed by atoms with van der Waals surface area (Å²) in [5.41, 5.74) is 1.15. The standard InChI is InChI=1S/C23H25FN6O/c1-23(24)10-11-29(14-23)21-20(19(25-15-26-21)16-6-3-2-4-7-16)28-22(31)17-12-27-30(13-17)18-8-5-9-18/h2-4,6-7,12-13,15,18H,5,8-11,14H2,1H3,(H,28,31). The smallest absolute Gasteiger partial charge is 0.259 e. The molecule has 0 spiro atoms. The number of alkyl halides is 1. The van der Waals surface area contributed by atoms with E-state index >= 15 is 0 Å². The number of anilines is 2. The summed E-state index contributed by atoms with van der Waals surface area (Å²) in [5.74, 6) is 0.260. The quantitative estimate of drug-likeness (QED) is 0.668. The van der Waals surface area contributed by atoms with Crippen molar-refractivity contribution in [2.45, 2.75) is 44.3 Å². The molecule has 3 aromatic rings. The van der Waals surface area contributed by atoms with Gasteiger partial charge in [0.1, 0.15) is 17.7 Å². The van der Waals surface area contributed by atoms with Gasteiger partial charge in [-0.1, -0.05) is 30.3 Å². The normalized spacial score (nSPS) is 21.2. The predicted molar refractivity (Wildman–Crippen MR) is 117 cm³/mol. The van der Waals surface area contributed by atoms with Crippen molar-refractivity contribution < 1.29 is 9.18 Å². The van der Waals surface area contributed by atoms with Crippen molar-refractivity contribution in [1.82, 2.24) is 19.7 Å². The number of aromatic nitrogens is 4. The molecule has 1 aromatic carbocycles. The Bertz CT molecular complexity index is 1090. The monoisotopic (exact) mass is 420 g/mol. The van der Waals surface area contributed by atoms with Crippen LogP contribution >= 0.6 is 0 Å². The Morgan fingerprint density at radius 1 is 1.23 bits per heavy atom. The van der Waals surface area contributed by atoms with Crippen LogP contribution < -0.4 is 10.2 Å². The third-order valence-corrected chi connectivity index (χ3v) is 6.15. The minimum absolute atomic E-state index is 0.223. The fourth-order valence-electron chi connectivity index (χ4n) is 4.14. The van der Waals surface area contributed by atoms with Gasteiger partial charge in [0.15, 0.2) is 5.82 Å². The van der Waals surface area contributed by atoms with Crippen molar-refractivity contribution in [1.29, 1.82) is 0 Å². The average Bonchev–Trinajstić information content (AvgIpc) is 3.34. The Morgan fingerprint density at radius 3 is 2.71 bits per heavy atom. The van der Waals surface area contributed by atoms with E-state index in [1.165, 1.54) is 12.7 Å². The maximum atomic E-state index is 14.6. The number of carbonyl (C=O) groups is 1. The van der Waals surface area contributed by atoms with E-state index in [1.807, 2.05) is 39.9 Å². The number of benzene rings is 1. The van der Waals surface area contributed by atoms with Crippen LogP contribution in [0.3, 0.4) is 0 Å². The minimum atomic E-state index is -1.29. The molecule has 8 heteroatoms. The van der Waals surface area contributed by atoms with E-state index in [0.717, 1.165) is 18.4 Å². The summed E-state index contributed by atoms with van der Waals surface area (Å²) in [6, 6.07) is 10.00. The molecule has 1 saturated carbocycles. The van der Waals surface area contributed by atoms with Gasteiger partial charge < -0.3 is 10.2 Å². The molecule has 1 unspecified atom stereocenters. The molecule has 1 aliphatic carbocycles. The van der Waals surface area contributed by atoms with Crippen LogP contribution in [-0.4, -0.2) is 44.4 Å². The van der Waals surface area contributed by atoms with Gasteiger partial charge in [-0.15, -0.1) is 0 Å². The molecule has 0 bridgehead atoms. The highest BCUT2D eigenvalue weighted by Crippen LogP contribution is 2.37. The van der Waals surface area contributed by atoms with Gasteiger partial charge in [-0.2, -0.15) is 5.10 Å². The lowest BCUT2D eigenvalue weighted by molar-refractivity contribution is 0.102. The van der Waals surface area contributed by atoms with Gasteiger partial charge in [-0.3, -0.25) is 9.48 Å². The van der Waals surface area contributed by atoms with E-state index in [2.05, 4.69) is 20.4 Å². The Balaban J connectivity index is 1.50. The number of amides is 1. The summed E-state index contributed by atoms with van der Waals surface area (Å²) in [6.07, 6.45) is 8.64. The lowest BCUT2D eigenvalue weighted by Crippen LogP contribution is -2.28. The fraction of sp³-hybridized carbons (Fsp3) is 0.391. The summed E-state index contributed by atoms with van der Waals surface area (Å²) in [6.45, 7) is 2.35. The van der Waals surface area contributed by atoms with Crippen molar-refractivity contribution in [3.05, 3.63) is 54.6 Å². The molecule has 3 heterocycles. The van der Waals surface area contributed by atoms with E-state index in [-0.39, 0.29) is 12.5 Å². The number of nitrogens with one attached hydrogen (secondary N) is 1. The molecular weight excluding hydrogens is 395 g/mol. The molecule has 0 radical (unpaired) electrons. The molecule has 31 heavy (non-hydrogen) atoms. The van der Waals surface area contributed by atoms with Crippen molar-refractivity contribution in [3.63, 3.8) is 0 Å². The second kappa shape index (κ2) is 7.76. The van der Waals surface area contributed by atoms with Gasteiger partial charge >= 0.3 is 0 Å². The van der Waals surface area contributed by atoms with Crippen LogP contribution in [0.15, 0.2) is 49.1 Å². The molecule has 2 aromatic heterocycles. The summed E-state index contributed by atoms with van der Waals surface area (Å²) in [5, 5.41) is 7.37. The third-order valence-electron chi connectivity index (χ3n) is 6.15. The molecular formula is C23H25FN6O. The SMILES string of the molecule is CC1(F)CCN(c2ncnc(-c3ccccc3)c2NC(=O)c2cnn(C3CCC3)c2)C1. The van der Waals surface area contributed by atoms with Gasteiger partial charge in [0.2, 0.25) is 0 Å². The van der Waals surface area contributed by atoms with Crippen LogP contribution in [0, 0.1) is 0 Å². The highest BCUT2D eigenvalue weighted by molar-refractivity contribution is 6.07. The lowest BCUT2D eigenvalue weighted by Gasteiger charge is -2.25. The van der Waals surface area contributed by atoms with Crippen LogP contribution in [0.25, 0.3) is 11.3 Å². The number of nitrogens with zero attached hydrogens (tertiary/aromatic N) is 5. The van der Waals surface area contributed by atoms with E-state index in [4.69, 9.17) is 0 Å². The molecule has 1 N–H and O–H groups in total. The molecule has 1 atom stereocenters. The van der Waals surface area contributed by atoms with Crippen molar-refractivity contribution >= 4 is 17.4 Å². The first kappa shape index (κ1) is 19.7. The summed E-state index contributed by atoms with van der Waals surface area (Å²) in [7, 11) is 0. The summed E-state index contributed by atoms with van der Waals surface area (Å²) >= 11 is 0. The number of carbonyl (C=O) groups excluding carboxylic acids is 1. The molecule has 2 aliphatic rings. The highest BCUT2D eigenvalue weighted by atomic mass is 19.1.